The lowest BCUT2D eigenvalue weighted by atomic mass is 10.1. The Kier molecular flexibility index (Phi) is 6.97. The van der Waals surface area contributed by atoms with Gasteiger partial charge in [-0.2, -0.15) is 0 Å². The molecule has 4 aromatic rings. The van der Waals surface area contributed by atoms with E-state index in [1.807, 2.05) is 37.3 Å². The van der Waals surface area contributed by atoms with Crippen LogP contribution in [-0.4, -0.2) is 28.3 Å². The number of thioether (sulfide) groups is 1. The SMILES string of the molecule is CCOC(=O)c1c(NC(=O)[C@@H](C)Sc2cn(Cc3ccccc3)c3ccccc23)sc2c1CCC2. The number of carbonyl (C=O) groups excluding carboxylic acids is 2. The van der Waals surface area contributed by atoms with Crippen LogP contribution < -0.4 is 5.32 Å². The summed E-state index contributed by atoms with van der Waals surface area (Å²) >= 11 is 3.06. The molecule has 1 amide bonds. The number of ether oxygens (including phenoxy) is 1. The first kappa shape index (κ1) is 23.7. The third-order valence-corrected chi connectivity index (χ3v) is 8.61. The summed E-state index contributed by atoms with van der Waals surface area (Å²) in [5.74, 6) is -0.452. The number of aryl methyl sites for hydroxylation is 1. The predicted octanol–water partition coefficient (Wildman–Crippen LogP) is 6.54. The maximum absolute atomic E-state index is 13.2. The van der Waals surface area contributed by atoms with Crippen molar-refractivity contribution >= 4 is 50.9 Å². The Morgan fingerprint density at radius 2 is 1.89 bits per heavy atom. The third kappa shape index (κ3) is 4.88. The van der Waals surface area contributed by atoms with Crippen molar-refractivity contribution < 1.29 is 14.3 Å². The van der Waals surface area contributed by atoms with Gasteiger partial charge in [0.2, 0.25) is 5.91 Å². The van der Waals surface area contributed by atoms with Crippen molar-refractivity contribution in [3.8, 4) is 0 Å². The molecule has 180 valence electrons. The second-order valence-corrected chi connectivity index (χ2v) is 11.1. The largest absolute Gasteiger partial charge is 0.462 e. The van der Waals surface area contributed by atoms with Crippen LogP contribution in [-0.2, 0) is 28.9 Å². The fourth-order valence-corrected chi connectivity index (χ4v) is 6.90. The van der Waals surface area contributed by atoms with Gasteiger partial charge in [-0.3, -0.25) is 4.79 Å². The molecule has 1 N–H and O–H groups in total. The summed E-state index contributed by atoms with van der Waals surface area (Å²) in [7, 11) is 0. The average Bonchev–Trinajstić information content (AvgIpc) is 3.54. The van der Waals surface area contributed by atoms with Crippen molar-refractivity contribution in [3.05, 3.63) is 82.4 Å². The average molecular weight is 505 g/mol. The number of hydrogen-bond donors (Lipinski definition) is 1. The Bertz CT molecular complexity index is 1370. The summed E-state index contributed by atoms with van der Waals surface area (Å²) in [6.07, 6.45) is 4.99. The summed E-state index contributed by atoms with van der Waals surface area (Å²) in [4.78, 5) is 28.1. The minimum absolute atomic E-state index is 0.111. The number of amides is 1. The summed E-state index contributed by atoms with van der Waals surface area (Å²) in [6, 6.07) is 18.7. The maximum Gasteiger partial charge on any atom is 0.341 e. The van der Waals surface area contributed by atoms with Crippen molar-refractivity contribution in [2.45, 2.75) is 49.8 Å². The highest BCUT2D eigenvalue weighted by molar-refractivity contribution is 8.00. The van der Waals surface area contributed by atoms with Crippen LogP contribution in [0, 0.1) is 0 Å². The molecular weight excluding hydrogens is 476 g/mol. The number of carbonyl (C=O) groups is 2. The molecule has 5 rings (SSSR count). The minimum Gasteiger partial charge on any atom is -0.462 e. The summed E-state index contributed by atoms with van der Waals surface area (Å²) < 4.78 is 7.53. The smallest absolute Gasteiger partial charge is 0.341 e. The number of thiophene rings is 1. The van der Waals surface area contributed by atoms with E-state index in [9.17, 15) is 9.59 Å². The standard InChI is InChI=1S/C28H28N2O3S2/c1-3-33-28(32)25-21-13-9-15-23(21)35-27(25)29-26(31)18(2)34-24-17-30(16-19-10-5-4-6-11-19)22-14-8-7-12-20(22)24/h4-8,10-12,14,17-18H,3,9,13,15-16H2,1-2H3,(H,29,31)/t18-/m1/s1. The van der Waals surface area contributed by atoms with Crippen LogP contribution in [0.5, 0.6) is 0 Å². The third-order valence-electron chi connectivity index (χ3n) is 6.26. The number of hydrogen-bond acceptors (Lipinski definition) is 5. The predicted molar refractivity (Wildman–Crippen MR) is 144 cm³/mol. The summed E-state index contributed by atoms with van der Waals surface area (Å²) in [5, 5.41) is 4.47. The lowest BCUT2D eigenvalue weighted by Gasteiger charge is -2.12. The van der Waals surface area contributed by atoms with E-state index in [-0.39, 0.29) is 17.1 Å². The first-order valence-electron chi connectivity index (χ1n) is 12.0. The number of nitrogens with one attached hydrogen (secondary N) is 1. The Labute approximate surface area is 213 Å². The molecule has 0 fully saturated rings. The molecule has 5 nitrogen and oxygen atoms in total. The van der Waals surface area contributed by atoms with Crippen LogP contribution >= 0.6 is 23.1 Å². The Morgan fingerprint density at radius 3 is 2.69 bits per heavy atom. The summed E-state index contributed by atoms with van der Waals surface area (Å²) in [6.45, 7) is 4.80. The number of benzene rings is 2. The maximum atomic E-state index is 13.2. The quantitative estimate of drug-likeness (QED) is 0.219. The molecule has 1 atom stereocenters. The van der Waals surface area contributed by atoms with Crippen LogP contribution in [0.3, 0.4) is 0 Å². The lowest BCUT2D eigenvalue weighted by molar-refractivity contribution is -0.115. The van der Waals surface area contributed by atoms with Crippen LogP contribution in [0.15, 0.2) is 65.7 Å². The molecule has 35 heavy (non-hydrogen) atoms. The van der Waals surface area contributed by atoms with Crippen LogP contribution in [0.1, 0.15) is 46.6 Å². The van der Waals surface area contributed by atoms with Gasteiger partial charge in [0.15, 0.2) is 0 Å². The van der Waals surface area contributed by atoms with Crippen molar-refractivity contribution in [2.24, 2.45) is 0 Å². The fraction of sp³-hybridized carbons (Fsp3) is 0.286. The van der Waals surface area contributed by atoms with E-state index in [1.54, 1.807) is 18.7 Å². The second kappa shape index (κ2) is 10.3. The number of fused-ring (bicyclic) bond motifs is 2. The van der Waals surface area contributed by atoms with E-state index in [0.717, 1.165) is 47.2 Å². The molecular formula is C28H28N2O3S2. The zero-order chi connectivity index (χ0) is 24.4. The van der Waals surface area contributed by atoms with E-state index >= 15 is 0 Å². The number of rotatable bonds is 8. The van der Waals surface area contributed by atoms with E-state index in [1.165, 1.54) is 21.8 Å². The van der Waals surface area contributed by atoms with Gasteiger partial charge in [-0.25, -0.2) is 4.79 Å². The van der Waals surface area contributed by atoms with Crippen molar-refractivity contribution in [1.29, 1.82) is 0 Å². The van der Waals surface area contributed by atoms with Crippen LogP contribution in [0.2, 0.25) is 0 Å². The molecule has 1 aliphatic carbocycles. The highest BCUT2D eigenvalue weighted by Gasteiger charge is 2.29. The molecule has 0 saturated carbocycles. The van der Waals surface area contributed by atoms with Gasteiger partial charge in [0.25, 0.3) is 0 Å². The second-order valence-electron chi connectivity index (χ2n) is 8.66. The Hall–Kier alpha value is -3.03. The molecule has 1 aliphatic rings. The van der Waals surface area contributed by atoms with Gasteiger partial charge in [0, 0.05) is 33.4 Å². The van der Waals surface area contributed by atoms with E-state index < -0.39 is 0 Å². The zero-order valence-corrected chi connectivity index (χ0v) is 21.5. The zero-order valence-electron chi connectivity index (χ0n) is 19.9. The van der Waals surface area contributed by atoms with Crippen LogP contribution in [0.25, 0.3) is 10.9 Å². The normalized spacial score (nSPS) is 13.5. The van der Waals surface area contributed by atoms with Gasteiger partial charge in [-0.05, 0) is 50.3 Å². The molecule has 2 aromatic heterocycles. The molecule has 2 aromatic carbocycles. The van der Waals surface area contributed by atoms with Gasteiger partial charge in [-0.1, -0.05) is 48.5 Å². The molecule has 0 bridgehead atoms. The molecule has 0 saturated heterocycles. The molecule has 2 heterocycles. The van der Waals surface area contributed by atoms with Crippen molar-refractivity contribution in [1.82, 2.24) is 4.57 Å². The number of nitrogens with zero attached hydrogens (tertiary/aromatic N) is 1. The molecule has 7 heteroatoms. The monoisotopic (exact) mass is 504 g/mol. The molecule has 0 unspecified atom stereocenters. The number of esters is 1. The van der Waals surface area contributed by atoms with E-state index in [0.29, 0.717) is 17.2 Å². The number of anilines is 1. The topological polar surface area (TPSA) is 60.3 Å². The fourth-order valence-electron chi connectivity index (χ4n) is 4.59. The highest BCUT2D eigenvalue weighted by Crippen LogP contribution is 2.40. The van der Waals surface area contributed by atoms with Gasteiger partial charge in [0.1, 0.15) is 5.00 Å². The molecule has 0 spiro atoms. The first-order valence-corrected chi connectivity index (χ1v) is 13.7. The van der Waals surface area contributed by atoms with Gasteiger partial charge in [0.05, 0.1) is 17.4 Å². The van der Waals surface area contributed by atoms with E-state index in [2.05, 4.69) is 40.3 Å². The van der Waals surface area contributed by atoms with Gasteiger partial charge >= 0.3 is 5.97 Å². The lowest BCUT2D eigenvalue weighted by Crippen LogP contribution is -2.23. The Morgan fingerprint density at radius 1 is 1.11 bits per heavy atom. The van der Waals surface area contributed by atoms with Gasteiger partial charge in [-0.15, -0.1) is 23.1 Å². The van der Waals surface area contributed by atoms with Crippen molar-refractivity contribution in [3.63, 3.8) is 0 Å². The van der Waals surface area contributed by atoms with Crippen LogP contribution in [0.4, 0.5) is 5.00 Å². The van der Waals surface area contributed by atoms with E-state index in [4.69, 9.17) is 4.74 Å². The first-order chi connectivity index (χ1) is 17.0. The molecule has 0 aliphatic heterocycles. The van der Waals surface area contributed by atoms with Gasteiger partial charge < -0.3 is 14.6 Å². The Balaban J connectivity index is 1.36. The van der Waals surface area contributed by atoms with Crippen molar-refractivity contribution in [2.75, 3.05) is 11.9 Å². The molecule has 0 radical (unpaired) electrons. The summed E-state index contributed by atoms with van der Waals surface area (Å²) in [5.41, 5.74) is 3.97. The number of para-hydroxylation sites is 1. The number of aromatic nitrogens is 1. The minimum atomic E-state index is -0.341. The highest BCUT2D eigenvalue weighted by atomic mass is 32.2.